The van der Waals surface area contributed by atoms with E-state index >= 15 is 0 Å². The molecule has 0 aliphatic heterocycles. The number of nitrogens with zero attached hydrogens (tertiary/aromatic N) is 1. The molecule has 0 aliphatic carbocycles. The van der Waals surface area contributed by atoms with Gasteiger partial charge in [-0.1, -0.05) is 54.6 Å². The van der Waals surface area contributed by atoms with E-state index in [2.05, 4.69) is 95.6 Å². The maximum Gasteiger partial charge on any atom is 0.0548 e. The molecule has 0 fully saturated rings. The van der Waals surface area contributed by atoms with E-state index in [1.807, 2.05) is 11.3 Å². The van der Waals surface area contributed by atoms with E-state index in [-0.39, 0.29) is 0 Å². The Bertz CT molecular complexity index is 1420. The van der Waals surface area contributed by atoms with Crippen molar-refractivity contribution in [3.63, 3.8) is 0 Å². The van der Waals surface area contributed by atoms with Crippen molar-refractivity contribution in [1.82, 2.24) is 4.57 Å². The topological polar surface area (TPSA) is 4.93 Å². The minimum atomic E-state index is 1.21. The first-order valence-corrected chi connectivity index (χ1v) is 9.62. The zero-order valence-corrected chi connectivity index (χ0v) is 14.8. The Kier molecular flexibility index (Phi) is 2.82. The molecule has 122 valence electrons. The van der Waals surface area contributed by atoms with Crippen molar-refractivity contribution in [2.24, 2.45) is 0 Å². The molecule has 4 aromatic carbocycles. The summed E-state index contributed by atoms with van der Waals surface area (Å²) in [7, 11) is 0. The number of para-hydroxylation sites is 2. The Morgan fingerprint density at radius 2 is 1.23 bits per heavy atom. The summed E-state index contributed by atoms with van der Waals surface area (Å²) in [4.78, 5) is 0. The molecule has 6 aromatic rings. The zero-order chi connectivity index (χ0) is 17.1. The second-order valence-corrected chi connectivity index (χ2v) is 7.70. The SMILES string of the molecule is c1ccc(-n2c3ccccc3c3c4c(ccc32)sc2ccccc24)cc1. The minimum Gasteiger partial charge on any atom is -0.309 e. The van der Waals surface area contributed by atoms with Crippen LogP contribution in [0.1, 0.15) is 0 Å². The summed E-state index contributed by atoms with van der Waals surface area (Å²) in [5, 5.41) is 5.42. The number of hydrogen-bond acceptors (Lipinski definition) is 1. The Morgan fingerprint density at radius 1 is 0.500 bits per heavy atom. The van der Waals surface area contributed by atoms with E-state index in [4.69, 9.17) is 0 Å². The molecule has 0 atom stereocenters. The van der Waals surface area contributed by atoms with Crippen LogP contribution in [0.4, 0.5) is 0 Å². The molecule has 0 bridgehead atoms. The van der Waals surface area contributed by atoms with Crippen LogP contribution in [0.3, 0.4) is 0 Å². The van der Waals surface area contributed by atoms with E-state index in [9.17, 15) is 0 Å². The Balaban J connectivity index is 1.92. The lowest BCUT2D eigenvalue weighted by Gasteiger charge is -2.07. The highest BCUT2D eigenvalue weighted by Crippen LogP contribution is 2.42. The molecule has 2 heterocycles. The summed E-state index contributed by atoms with van der Waals surface area (Å²) in [6, 6.07) is 32.7. The average molecular weight is 349 g/mol. The molecule has 2 aromatic heterocycles. The number of rotatable bonds is 1. The van der Waals surface area contributed by atoms with Gasteiger partial charge in [-0.2, -0.15) is 0 Å². The molecule has 0 aliphatic rings. The Morgan fingerprint density at radius 3 is 2.12 bits per heavy atom. The molecule has 0 amide bonds. The van der Waals surface area contributed by atoms with Crippen LogP contribution in [-0.2, 0) is 0 Å². The van der Waals surface area contributed by atoms with E-state index in [1.165, 1.54) is 47.7 Å². The summed E-state index contributed by atoms with van der Waals surface area (Å²) in [5.41, 5.74) is 3.74. The molecule has 0 radical (unpaired) electrons. The molecule has 0 saturated carbocycles. The molecular formula is C24H15NS. The monoisotopic (exact) mass is 349 g/mol. The third-order valence-corrected chi connectivity index (χ3v) is 6.33. The number of thiophene rings is 1. The highest BCUT2D eigenvalue weighted by atomic mass is 32.1. The van der Waals surface area contributed by atoms with Crippen molar-refractivity contribution < 1.29 is 0 Å². The standard InChI is InChI=1S/C24H15NS/c1-2-8-16(9-3-1)25-19-12-6-4-10-17(19)23-20(25)14-15-22-24(23)18-11-5-7-13-21(18)26-22/h1-15H. The van der Waals surface area contributed by atoms with Crippen molar-refractivity contribution in [1.29, 1.82) is 0 Å². The summed E-state index contributed by atoms with van der Waals surface area (Å²) in [6.07, 6.45) is 0. The number of fused-ring (bicyclic) bond motifs is 7. The van der Waals surface area contributed by atoms with E-state index in [0.717, 1.165) is 0 Å². The van der Waals surface area contributed by atoms with Gasteiger partial charge in [-0.05, 0) is 36.4 Å². The van der Waals surface area contributed by atoms with Crippen LogP contribution in [0, 0.1) is 0 Å². The second kappa shape index (κ2) is 5.20. The predicted molar refractivity (Wildman–Crippen MR) is 114 cm³/mol. The van der Waals surface area contributed by atoms with Crippen molar-refractivity contribution in [3.05, 3.63) is 91.0 Å². The third kappa shape index (κ3) is 1.80. The van der Waals surface area contributed by atoms with Gasteiger partial charge in [0.2, 0.25) is 0 Å². The Hall–Kier alpha value is -3.10. The maximum absolute atomic E-state index is 2.39. The van der Waals surface area contributed by atoms with Gasteiger partial charge in [0.25, 0.3) is 0 Å². The fraction of sp³-hybridized carbons (Fsp3) is 0. The van der Waals surface area contributed by atoms with Crippen LogP contribution in [-0.4, -0.2) is 4.57 Å². The smallest absolute Gasteiger partial charge is 0.0548 e. The maximum atomic E-state index is 2.39. The quantitative estimate of drug-likeness (QED) is 0.297. The van der Waals surface area contributed by atoms with Crippen molar-refractivity contribution in [2.75, 3.05) is 0 Å². The van der Waals surface area contributed by atoms with Crippen LogP contribution in [0.2, 0.25) is 0 Å². The first-order valence-electron chi connectivity index (χ1n) is 8.81. The first kappa shape index (κ1) is 14.1. The fourth-order valence-corrected chi connectivity index (χ4v) is 5.24. The largest absolute Gasteiger partial charge is 0.309 e. The molecule has 0 spiro atoms. The van der Waals surface area contributed by atoms with Crippen LogP contribution in [0.5, 0.6) is 0 Å². The Labute approximate surface area is 154 Å². The van der Waals surface area contributed by atoms with Gasteiger partial charge >= 0.3 is 0 Å². The number of aromatic nitrogens is 1. The summed E-state index contributed by atoms with van der Waals surface area (Å²) >= 11 is 1.88. The van der Waals surface area contributed by atoms with Crippen LogP contribution < -0.4 is 0 Å². The van der Waals surface area contributed by atoms with Gasteiger partial charge in [-0.25, -0.2) is 0 Å². The highest BCUT2D eigenvalue weighted by molar-refractivity contribution is 7.26. The lowest BCUT2D eigenvalue weighted by atomic mass is 10.1. The van der Waals surface area contributed by atoms with E-state index in [0.29, 0.717) is 0 Å². The van der Waals surface area contributed by atoms with Crippen LogP contribution >= 0.6 is 11.3 Å². The molecule has 1 nitrogen and oxygen atoms in total. The lowest BCUT2D eigenvalue weighted by molar-refractivity contribution is 1.18. The van der Waals surface area contributed by atoms with Gasteiger partial charge in [0, 0.05) is 36.6 Å². The third-order valence-electron chi connectivity index (χ3n) is 5.19. The van der Waals surface area contributed by atoms with E-state index in [1.54, 1.807) is 0 Å². The van der Waals surface area contributed by atoms with Gasteiger partial charge in [0.15, 0.2) is 0 Å². The van der Waals surface area contributed by atoms with E-state index < -0.39 is 0 Å². The van der Waals surface area contributed by atoms with Gasteiger partial charge in [0.1, 0.15) is 0 Å². The molecule has 6 rings (SSSR count). The average Bonchev–Trinajstić information content (AvgIpc) is 3.24. The molecule has 0 saturated heterocycles. The normalized spacial score (nSPS) is 11.8. The fourth-order valence-electron chi connectivity index (χ4n) is 4.13. The summed E-state index contributed by atoms with van der Waals surface area (Å²) < 4.78 is 5.09. The van der Waals surface area contributed by atoms with Gasteiger partial charge < -0.3 is 4.57 Å². The number of benzene rings is 4. The minimum absolute atomic E-state index is 1.21. The number of hydrogen-bond donors (Lipinski definition) is 0. The summed E-state index contributed by atoms with van der Waals surface area (Å²) in [6.45, 7) is 0. The zero-order valence-electron chi connectivity index (χ0n) is 14.0. The molecule has 2 heteroatoms. The molecule has 26 heavy (non-hydrogen) atoms. The second-order valence-electron chi connectivity index (χ2n) is 6.62. The van der Waals surface area contributed by atoms with Crippen LogP contribution in [0.15, 0.2) is 91.0 Å². The van der Waals surface area contributed by atoms with Gasteiger partial charge in [-0.15, -0.1) is 11.3 Å². The summed E-state index contributed by atoms with van der Waals surface area (Å²) in [5.74, 6) is 0. The van der Waals surface area contributed by atoms with Gasteiger partial charge in [-0.3, -0.25) is 0 Å². The predicted octanol–water partition coefficient (Wildman–Crippen LogP) is 7.15. The van der Waals surface area contributed by atoms with Crippen molar-refractivity contribution in [3.8, 4) is 5.69 Å². The molecule has 0 unspecified atom stereocenters. The lowest BCUT2D eigenvalue weighted by Crippen LogP contribution is -1.92. The molecule has 0 N–H and O–H groups in total. The van der Waals surface area contributed by atoms with Crippen LogP contribution in [0.25, 0.3) is 47.7 Å². The molecular weight excluding hydrogens is 334 g/mol. The van der Waals surface area contributed by atoms with Crippen molar-refractivity contribution in [2.45, 2.75) is 0 Å². The highest BCUT2D eigenvalue weighted by Gasteiger charge is 2.16. The first-order chi connectivity index (χ1) is 12.9. The van der Waals surface area contributed by atoms with Gasteiger partial charge in [0.05, 0.1) is 11.0 Å². The van der Waals surface area contributed by atoms with Crippen molar-refractivity contribution >= 4 is 53.3 Å².